The lowest BCUT2D eigenvalue weighted by molar-refractivity contribution is 0.413. The van der Waals surface area contributed by atoms with E-state index in [-0.39, 0.29) is 5.63 Å². The van der Waals surface area contributed by atoms with E-state index in [9.17, 15) is 4.79 Å². The summed E-state index contributed by atoms with van der Waals surface area (Å²) in [6.45, 7) is 0. The second-order valence-electron chi connectivity index (χ2n) is 6.01. The van der Waals surface area contributed by atoms with Crippen molar-refractivity contribution in [2.75, 3.05) is 7.11 Å². The molecular weight excluding hydrogens is 444 g/mol. The van der Waals surface area contributed by atoms with Gasteiger partial charge in [0.25, 0.3) is 5.22 Å². The molecule has 0 unspecified atom stereocenters. The van der Waals surface area contributed by atoms with Gasteiger partial charge in [-0.2, -0.15) is 0 Å². The van der Waals surface area contributed by atoms with E-state index in [4.69, 9.17) is 13.6 Å². The summed E-state index contributed by atoms with van der Waals surface area (Å²) in [4.78, 5) is 11.8. The fourth-order valence-corrected chi connectivity index (χ4v) is 3.86. The van der Waals surface area contributed by atoms with Crippen LogP contribution < -0.4 is 10.4 Å². The van der Waals surface area contributed by atoms with Crippen LogP contribution in [0.3, 0.4) is 0 Å². The summed E-state index contributed by atoms with van der Waals surface area (Å²) < 4.78 is 17.0. The zero-order chi connectivity index (χ0) is 19.5. The minimum Gasteiger partial charge on any atom is -0.497 e. The van der Waals surface area contributed by atoms with Crippen molar-refractivity contribution in [3.8, 4) is 5.75 Å². The molecule has 0 radical (unpaired) electrons. The van der Waals surface area contributed by atoms with Gasteiger partial charge in [0.15, 0.2) is 0 Å². The Balaban J connectivity index is 1.47. The van der Waals surface area contributed by atoms with Crippen molar-refractivity contribution >= 4 is 38.7 Å². The van der Waals surface area contributed by atoms with Crippen LogP contribution in [-0.2, 0) is 12.2 Å². The smallest absolute Gasteiger partial charge is 0.336 e. The summed E-state index contributed by atoms with van der Waals surface area (Å²) in [5, 5.41) is 9.54. The molecule has 2 heterocycles. The number of rotatable bonds is 6. The number of hydrogen-bond donors (Lipinski definition) is 0. The van der Waals surface area contributed by atoms with Crippen LogP contribution in [0, 0.1) is 0 Å². The molecule has 0 aliphatic rings. The molecule has 8 heteroatoms. The largest absolute Gasteiger partial charge is 0.497 e. The van der Waals surface area contributed by atoms with Crippen LogP contribution in [0.25, 0.3) is 11.0 Å². The fourth-order valence-electron chi connectivity index (χ4n) is 2.75. The first-order chi connectivity index (χ1) is 13.6. The van der Waals surface area contributed by atoms with E-state index in [1.165, 1.54) is 17.8 Å². The molecule has 0 aliphatic heterocycles. The number of benzene rings is 2. The van der Waals surface area contributed by atoms with Crippen molar-refractivity contribution in [1.29, 1.82) is 0 Å². The molecule has 0 aliphatic carbocycles. The average Bonchev–Trinajstić information content (AvgIpc) is 3.13. The first kappa shape index (κ1) is 18.8. The molecular formula is C20H15BrN2O4S. The highest BCUT2D eigenvalue weighted by atomic mass is 79.9. The van der Waals surface area contributed by atoms with Crippen molar-refractivity contribution in [1.82, 2.24) is 10.2 Å². The van der Waals surface area contributed by atoms with E-state index in [0.717, 1.165) is 26.7 Å². The molecule has 6 nitrogen and oxygen atoms in total. The lowest BCUT2D eigenvalue weighted by Crippen LogP contribution is -1.99. The molecule has 142 valence electrons. The van der Waals surface area contributed by atoms with Crippen LogP contribution in [-0.4, -0.2) is 17.3 Å². The van der Waals surface area contributed by atoms with Crippen LogP contribution in [0.1, 0.15) is 17.0 Å². The van der Waals surface area contributed by atoms with Crippen molar-refractivity contribution in [2.45, 2.75) is 17.4 Å². The molecule has 0 spiro atoms. The molecule has 0 atom stereocenters. The maximum absolute atomic E-state index is 11.8. The van der Waals surface area contributed by atoms with E-state index < -0.39 is 0 Å². The van der Waals surface area contributed by atoms with Crippen LogP contribution in [0.5, 0.6) is 5.75 Å². The number of thioether (sulfide) groups is 1. The van der Waals surface area contributed by atoms with Gasteiger partial charge in [0, 0.05) is 21.7 Å². The fraction of sp³-hybridized carbons (Fsp3) is 0.150. The van der Waals surface area contributed by atoms with E-state index in [1.807, 2.05) is 36.4 Å². The van der Waals surface area contributed by atoms with Gasteiger partial charge in [-0.25, -0.2) is 4.79 Å². The van der Waals surface area contributed by atoms with Gasteiger partial charge < -0.3 is 13.6 Å². The highest BCUT2D eigenvalue weighted by Gasteiger charge is 2.11. The van der Waals surface area contributed by atoms with Gasteiger partial charge in [0.2, 0.25) is 5.89 Å². The summed E-state index contributed by atoms with van der Waals surface area (Å²) in [5.74, 6) is 1.86. The Morgan fingerprint density at radius 2 is 1.89 bits per heavy atom. The van der Waals surface area contributed by atoms with Gasteiger partial charge in [-0.3, -0.25) is 0 Å². The molecule has 0 amide bonds. The molecule has 0 bridgehead atoms. The predicted octanol–water partition coefficient (Wildman–Crippen LogP) is 4.83. The predicted molar refractivity (Wildman–Crippen MR) is 110 cm³/mol. The molecule has 2 aromatic heterocycles. The second-order valence-corrected chi connectivity index (χ2v) is 7.85. The highest BCUT2D eigenvalue weighted by molar-refractivity contribution is 9.10. The summed E-state index contributed by atoms with van der Waals surface area (Å²) in [5.41, 5.74) is 2.08. The highest BCUT2D eigenvalue weighted by Crippen LogP contribution is 2.27. The van der Waals surface area contributed by atoms with Gasteiger partial charge in [-0.05, 0) is 41.5 Å². The van der Waals surface area contributed by atoms with Crippen LogP contribution >= 0.6 is 27.7 Å². The SMILES string of the molecule is COc1ccc(Cc2nnc(SCc3cc(=O)oc4cc(Br)ccc34)o2)cc1. The minimum atomic E-state index is -0.382. The molecule has 4 aromatic rings. The van der Waals surface area contributed by atoms with Crippen molar-refractivity contribution < 1.29 is 13.6 Å². The summed E-state index contributed by atoms with van der Waals surface area (Å²) >= 11 is 4.77. The molecule has 4 rings (SSSR count). The van der Waals surface area contributed by atoms with Gasteiger partial charge in [0.05, 0.1) is 13.5 Å². The van der Waals surface area contributed by atoms with Crippen LogP contribution in [0.15, 0.2) is 71.9 Å². The quantitative estimate of drug-likeness (QED) is 0.302. The standard InChI is InChI=1S/C20H15BrN2O4S/c1-25-15-5-2-12(3-6-15)8-18-22-23-20(27-18)28-11-13-9-19(24)26-17-10-14(21)4-7-16(13)17/h2-7,9-10H,8,11H2,1H3. The van der Waals surface area contributed by atoms with E-state index in [0.29, 0.717) is 28.9 Å². The summed E-state index contributed by atoms with van der Waals surface area (Å²) in [6.07, 6.45) is 0.545. The van der Waals surface area contributed by atoms with Gasteiger partial charge >= 0.3 is 5.63 Å². The van der Waals surface area contributed by atoms with E-state index in [1.54, 1.807) is 13.2 Å². The van der Waals surface area contributed by atoms with Gasteiger partial charge in [-0.15, -0.1) is 10.2 Å². The van der Waals surface area contributed by atoms with Crippen molar-refractivity contribution in [2.24, 2.45) is 0 Å². The number of methoxy groups -OCH3 is 1. The Labute approximate surface area is 173 Å². The molecule has 0 saturated heterocycles. The van der Waals surface area contributed by atoms with Crippen LogP contribution in [0.2, 0.25) is 0 Å². The Hall–Kier alpha value is -2.58. The average molecular weight is 459 g/mol. The lowest BCUT2D eigenvalue weighted by Gasteiger charge is -2.04. The number of nitrogens with zero attached hydrogens (tertiary/aromatic N) is 2. The first-order valence-electron chi connectivity index (χ1n) is 8.41. The van der Waals surface area contributed by atoms with E-state index >= 15 is 0 Å². The Morgan fingerprint density at radius 3 is 2.68 bits per heavy atom. The molecule has 2 aromatic carbocycles. The summed E-state index contributed by atoms with van der Waals surface area (Å²) in [7, 11) is 1.63. The lowest BCUT2D eigenvalue weighted by atomic mass is 10.1. The van der Waals surface area contributed by atoms with Crippen molar-refractivity contribution in [3.63, 3.8) is 0 Å². The Kier molecular flexibility index (Phi) is 5.50. The monoisotopic (exact) mass is 458 g/mol. The first-order valence-corrected chi connectivity index (χ1v) is 10.2. The zero-order valence-corrected chi connectivity index (χ0v) is 17.2. The number of hydrogen-bond acceptors (Lipinski definition) is 7. The zero-order valence-electron chi connectivity index (χ0n) is 14.8. The maximum atomic E-state index is 11.8. The normalized spacial score (nSPS) is 11.1. The number of aromatic nitrogens is 2. The Morgan fingerprint density at radius 1 is 1.07 bits per heavy atom. The molecule has 28 heavy (non-hydrogen) atoms. The topological polar surface area (TPSA) is 78.4 Å². The number of halogens is 1. The molecule has 0 N–H and O–H groups in total. The number of ether oxygens (including phenoxy) is 1. The van der Waals surface area contributed by atoms with Gasteiger partial charge in [0.1, 0.15) is 11.3 Å². The third kappa shape index (κ3) is 4.28. The van der Waals surface area contributed by atoms with Gasteiger partial charge in [-0.1, -0.05) is 39.8 Å². The summed E-state index contributed by atoms with van der Waals surface area (Å²) in [6, 6.07) is 14.8. The third-order valence-electron chi connectivity index (χ3n) is 4.11. The maximum Gasteiger partial charge on any atom is 0.336 e. The van der Waals surface area contributed by atoms with E-state index in [2.05, 4.69) is 26.1 Å². The third-order valence-corrected chi connectivity index (χ3v) is 5.47. The Bertz CT molecular complexity index is 1170. The second kappa shape index (κ2) is 8.20. The minimum absolute atomic E-state index is 0.382. The molecule has 0 fully saturated rings. The molecule has 0 saturated carbocycles. The number of fused-ring (bicyclic) bond motifs is 1. The van der Waals surface area contributed by atoms with Crippen LogP contribution in [0.4, 0.5) is 0 Å². The van der Waals surface area contributed by atoms with Crippen molar-refractivity contribution in [3.05, 3.63) is 80.4 Å².